The van der Waals surface area contributed by atoms with E-state index in [4.69, 9.17) is 0 Å². The zero-order chi connectivity index (χ0) is 23.2. The molecule has 0 spiro atoms. The van der Waals surface area contributed by atoms with Crippen molar-refractivity contribution >= 4 is 26.4 Å². The van der Waals surface area contributed by atoms with Crippen LogP contribution >= 0.6 is 0 Å². The number of hydrogen-bond donors (Lipinski definition) is 1. The van der Waals surface area contributed by atoms with Crippen LogP contribution in [0, 0.1) is 13.8 Å². The summed E-state index contributed by atoms with van der Waals surface area (Å²) in [5.41, 5.74) is 3.92. The first-order chi connectivity index (χ1) is 15.8. The summed E-state index contributed by atoms with van der Waals surface area (Å²) in [4.78, 5) is 0.167. The Morgan fingerprint density at radius 1 is 0.879 bits per heavy atom. The molecule has 0 amide bonds. The lowest BCUT2D eigenvalue weighted by atomic mass is 10.1. The molecule has 0 fully saturated rings. The molecule has 1 atom stereocenters. The predicted octanol–water partition coefficient (Wildman–Crippen LogP) is 4.60. The zero-order valence-corrected chi connectivity index (χ0v) is 19.3. The van der Waals surface area contributed by atoms with Gasteiger partial charge in [0.2, 0.25) is 10.0 Å². The number of nitrogens with zero attached hydrogens (tertiary/aromatic N) is 4. The van der Waals surface area contributed by atoms with Gasteiger partial charge in [-0.1, -0.05) is 60.7 Å². The number of fused-ring (bicyclic) bond motifs is 3. The summed E-state index contributed by atoms with van der Waals surface area (Å²) < 4.78 is 30.8. The van der Waals surface area contributed by atoms with Crippen molar-refractivity contribution in [1.29, 1.82) is 0 Å². The van der Waals surface area contributed by atoms with Crippen LogP contribution in [0.2, 0.25) is 0 Å². The molecule has 5 aromatic rings. The minimum atomic E-state index is -3.76. The Morgan fingerprint density at radius 2 is 1.58 bits per heavy atom. The van der Waals surface area contributed by atoms with E-state index in [2.05, 4.69) is 20.0 Å². The highest BCUT2D eigenvalue weighted by Crippen LogP contribution is 2.28. The van der Waals surface area contributed by atoms with E-state index in [0.717, 1.165) is 27.6 Å². The molecular formula is C25H23N5O2S. The summed E-state index contributed by atoms with van der Waals surface area (Å²) >= 11 is 0. The summed E-state index contributed by atoms with van der Waals surface area (Å²) in [6.07, 6.45) is 0. The van der Waals surface area contributed by atoms with E-state index in [0.29, 0.717) is 17.0 Å². The lowest BCUT2D eigenvalue weighted by Gasteiger charge is -2.15. The SMILES string of the molecule is Cc1ccc(S(=O)(=O)N[C@H](C)c2ccccc2)cc1-c1nnc2c3ccccc3c(C)nn12. The standard InChI is InChI=1S/C25H23N5O2S/c1-16-13-14-20(33(31,32)29-17(2)19-9-5-4-6-10-19)15-23(16)25-27-26-24-22-12-8-7-11-21(22)18(3)28-30(24)25/h4-15,17,29H,1-3H3/t17-/m1/s1. The third kappa shape index (κ3) is 3.77. The fraction of sp³-hybridized carbons (Fsp3) is 0.160. The molecule has 5 rings (SSSR count). The van der Waals surface area contributed by atoms with Crippen LogP contribution in [0.5, 0.6) is 0 Å². The van der Waals surface area contributed by atoms with Crippen LogP contribution in [-0.2, 0) is 10.0 Å². The molecule has 0 unspecified atom stereocenters. The van der Waals surface area contributed by atoms with Gasteiger partial charge in [0.05, 0.1) is 10.6 Å². The average molecular weight is 458 g/mol. The molecule has 3 aromatic carbocycles. The highest BCUT2D eigenvalue weighted by atomic mass is 32.2. The van der Waals surface area contributed by atoms with Crippen molar-refractivity contribution in [3.8, 4) is 11.4 Å². The van der Waals surface area contributed by atoms with E-state index in [1.165, 1.54) is 0 Å². The normalized spacial score (nSPS) is 12.9. The Kier molecular flexibility index (Phi) is 5.19. The molecule has 2 aromatic heterocycles. The Bertz CT molecular complexity index is 1590. The second-order valence-electron chi connectivity index (χ2n) is 8.12. The molecule has 0 aliphatic heterocycles. The summed E-state index contributed by atoms with van der Waals surface area (Å²) in [5, 5.41) is 15.4. The molecule has 0 aliphatic rings. The van der Waals surface area contributed by atoms with Crippen molar-refractivity contribution in [1.82, 2.24) is 24.5 Å². The van der Waals surface area contributed by atoms with Crippen LogP contribution in [0.3, 0.4) is 0 Å². The largest absolute Gasteiger partial charge is 0.241 e. The van der Waals surface area contributed by atoms with Gasteiger partial charge in [0.1, 0.15) is 0 Å². The van der Waals surface area contributed by atoms with E-state index in [-0.39, 0.29) is 10.9 Å². The van der Waals surface area contributed by atoms with Crippen LogP contribution in [-0.4, -0.2) is 28.2 Å². The van der Waals surface area contributed by atoms with Crippen LogP contribution in [0.4, 0.5) is 0 Å². The highest BCUT2D eigenvalue weighted by molar-refractivity contribution is 7.89. The molecule has 0 saturated carbocycles. The first-order valence-corrected chi connectivity index (χ1v) is 12.1. The maximum Gasteiger partial charge on any atom is 0.241 e. The summed E-state index contributed by atoms with van der Waals surface area (Å²) in [5.74, 6) is 0.504. The number of hydrogen-bond acceptors (Lipinski definition) is 5. The molecule has 0 radical (unpaired) electrons. The lowest BCUT2D eigenvalue weighted by Crippen LogP contribution is -2.27. The highest BCUT2D eigenvalue weighted by Gasteiger charge is 2.22. The summed E-state index contributed by atoms with van der Waals surface area (Å²) in [6, 6.07) is 22.0. The molecule has 2 heterocycles. The van der Waals surface area contributed by atoms with Crippen molar-refractivity contribution in [3.63, 3.8) is 0 Å². The van der Waals surface area contributed by atoms with Gasteiger partial charge in [-0.2, -0.15) is 9.61 Å². The second-order valence-corrected chi connectivity index (χ2v) is 9.83. The third-order valence-electron chi connectivity index (χ3n) is 5.84. The zero-order valence-electron chi connectivity index (χ0n) is 18.5. The molecular weight excluding hydrogens is 434 g/mol. The van der Waals surface area contributed by atoms with Gasteiger partial charge >= 0.3 is 0 Å². The van der Waals surface area contributed by atoms with E-state index >= 15 is 0 Å². The number of sulfonamides is 1. The van der Waals surface area contributed by atoms with Crippen LogP contribution in [0.15, 0.2) is 77.7 Å². The quantitative estimate of drug-likeness (QED) is 0.417. The van der Waals surface area contributed by atoms with Gasteiger partial charge in [0.25, 0.3) is 0 Å². The van der Waals surface area contributed by atoms with Crippen LogP contribution in [0.25, 0.3) is 27.8 Å². The molecule has 1 N–H and O–H groups in total. The van der Waals surface area contributed by atoms with E-state index in [9.17, 15) is 8.42 Å². The molecule has 7 nitrogen and oxygen atoms in total. The number of aromatic nitrogens is 4. The maximum absolute atomic E-state index is 13.2. The Balaban J connectivity index is 1.59. The maximum atomic E-state index is 13.2. The Labute approximate surface area is 192 Å². The van der Waals surface area contributed by atoms with Crippen LogP contribution < -0.4 is 4.72 Å². The monoisotopic (exact) mass is 457 g/mol. The van der Waals surface area contributed by atoms with Gasteiger partial charge < -0.3 is 0 Å². The van der Waals surface area contributed by atoms with Gasteiger partial charge in [-0.3, -0.25) is 0 Å². The predicted molar refractivity (Wildman–Crippen MR) is 128 cm³/mol. The van der Waals surface area contributed by atoms with E-state index in [1.807, 2.05) is 75.4 Å². The van der Waals surface area contributed by atoms with E-state index in [1.54, 1.807) is 22.7 Å². The Hall–Kier alpha value is -3.62. The molecule has 0 aliphatic carbocycles. The molecule has 166 valence electrons. The molecule has 0 saturated heterocycles. The first kappa shape index (κ1) is 21.2. The van der Waals surface area contributed by atoms with Gasteiger partial charge in [-0.05, 0) is 44.0 Å². The topological polar surface area (TPSA) is 89.2 Å². The van der Waals surface area contributed by atoms with E-state index < -0.39 is 10.0 Å². The number of rotatable bonds is 5. The van der Waals surface area contributed by atoms with Gasteiger partial charge in [-0.25, -0.2) is 13.1 Å². The summed E-state index contributed by atoms with van der Waals surface area (Å²) in [7, 11) is -3.76. The molecule has 33 heavy (non-hydrogen) atoms. The van der Waals surface area contributed by atoms with Crippen molar-refractivity contribution in [2.24, 2.45) is 0 Å². The summed E-state index contributed by atoms with van der Waals surface area (Å²) in [6.45, 7) is 5.68. The first-order valence-electron chi connectivity index (χ1n) is 10.6. The fourth-order valence-electron chi connectivity index (χ4n) is 4.03. The van der Waals surface area contributed by atoms with Gasteiger partial charge in [0.15, 0.2) is 11.5 Å². The second kappa shape index (κ2) is 8.06. The Morgan fingerprint density at radius 3 is 2.33 bits per heavy atom. The molecule has 8 heteroatoms. The minimum absolute atomic E-state index is 0.167. The smallest absolute Gasteiger partial charge is 0.207 e. The van der Waals surface area contributed by atoms with Crippen molar-refractivity contribution in [2.75, 3.05) is 0 Å². The number of aryl methyl sites for hydroxylation is 2. The van der Waals surface area contributed by atoms with Gasteiger partial charge in [0, 0.05) is 22.4 Å². The van der Waals surface area contributed by atoms with Crippen molar-refractivity contribution in [2.45, 2.75) is 31.7 Å². The number of nitrogens with one attached hydrogen (secondary N) is 1. The van der Waals surface area contributed by atoms with Crippen molar-refractivity contribution < 1.29 is 8.42 Å². The molecule has 0 bridgehead atoms. The fourth-order valence-corrected chi connectivity index (χ4v) is 5.29. The van der Waals surface area contributed by atoms with Crippen LogP contribution in [0.1, 0.15) is 29.8 Å². The van der Waals surface area contributed by atoms with Gasteiger partial charge in [-0.15, -0.1) is 10.2 Å². The average Bonchev–Trinajstić information content (AvgIpc) is 3.23. The minimum Gasteiger partial charge on any atom is -0.207 e. The van der Waals surface area contributed by atoms with Crippen molar-refractivity contribution in [3.05, 3.63) is 89.6 Å². The number of benzene rings is 3. The third-order valence-corrected chi connectivity index (χ3v) is 7.38. The lowest BCUT2D eigenvalue weighted by molar-refractivity contribution is 0.567.